The van der Waals surface area contributed by atoms with Gasteiger partial charge in [-0.15, -0.1) is 0 Å². The number of rotatable bonds is 7. The lowest BCUT2D eigenvalue weighted by Crippen LogP contribution is -2.27. The van der Waals surface area contributed by atoms with Crippen molar-refractivity contribution in [3.05, 3.63) is 99.5 Å². The Morgan fingerprint density at radius 1 is 0.971 bits per heavy atom. The molecule has 0 radical (unpaired) electrons. The molecule has 1 aliphatic rings. The van der Waals surface area contributed by atoms with E-state index >= 15 is 0 Å². The Bertz CT molecular complexity index is 1310. The van der Waals surface area contributed by atoms with Crippen molar-refractivity contribution >= 4 is 40.6 Å². The number of nitrogens with zero attached hydrogens (tertiary/aromatic N) is 1. The molecule has 35 heavy (non-hydrogen) atoms. The second kappa shape index (κ2) is 10.6. The molecule has 0 unspecified atom stereocenters. The zero-order valence-corrected chi connectivity index (χ0v) is 20.6. The Morgan fingerprint density at radius 2 is 1.71 bits per heavy atom. The molecule has 6 nitrogen and oxygen atoms in total. The highest BCUT2D eigenvalue weighted by Gasteiger charge is 2.34. The molecule has 3 amide bonds. The number of hydrogen-bond donors (Lipinski definition) is 1. The molecule has 0 bridgehead atoms. The van der Waals surface area contributed by atoms with E-state index in [1.54, 1.807) is 30.3 Å². The van der Waals surface area contributed by atoms with Gasteiger partial charge < -0.3 is 10.1 Å². The topological polar surface area (TPSA) is 75.7 Å². The monoisotopic (exact) mass is 486 g/mol. The predicted molar refractivity (Wildman–Crippen MR) is 139 cm³/mol. The summed E-state index contributed by atoms with van der Waals surface area (Å²) in [6.07, 6.45) is 1.69. The predicted octanol–water partition coefficient (Wildman–Crippen LogP) is 5.87. The van der Waals surface area contributed by atoms with Gasteiger partial charge in [-0.25, -0.2) is 0 Å². The lowest BCUT2D eigenvalue weighted by atomic mass is 10.1. The molecule has 0 aliphatic carbocycles. The van der Waals surface area contributed by atoms with Gasteiger partial charge in [-0.05, 0) is 73.5 Å². The van der Waals surface area contributed by atoms with E-state index in [1.165, 1.54) is 4.90 Å². The van der Waals surface area contributed by atoms with Crippen LogP contribution in [0.25, 0.3) is 6.08 Å². The smallest absolute Gasteiger partial charge is 0.293 e. The molecule has 7 heteroatoms. The van der Waals surface area contributed by atoms with Gasteiger partial charge in [-0.2, -0.15) is 0 Å². The van der Waals surface area contributed by atoms with Gasteiger partial charge >= 0.3 is 0 Å². The van der Waals surface area contributed by atoms with Crippen molar-refractivity contribution in [3.8, 4) is 5.75 Å². The zero-order valence-electron chi connectivity index (χ0n) is 19.8. The van der Waals surface area contributed by atoms with E-state index in [0.29, 0.717) is 10.7 Å². The van der Waals surface area contributed by atoms with Crippen molar-refractivity contribution < 1.29 is 19.1 Å². The average molecular weight is 487 g/mol. The summed E-state index contributed by atoms with van der Waals surface area (Å²) in [4.78, 5) is 39.1. The summed E-state index contributed by atoms with van der Waals surface area (Å²) < 4.78 is 5.59. The maximum absolute atomic E-state index is 12.8. The normalized spacial score (nSPS) is 14.5. The van der Waals surface area contributed by atoms with Crippen molar-refractivity contribution in [2.45, 2.75) is 27.3 Å². The number of aryl methyl sites for hydroxylation is 3. The van der Waals surface area contributed by atoms with Gasteiger partial charge in [0.1, 0.15) is 5.75 Å². The highest BCUT2D eigenvalue weighted by Crippen LogP contribution is 2.33. The van der Waals surface area contributed by atoms with Gasteiger partial charge in [-0.1, -0.05) is 59.7 Å². The molecule has 4 rings (SSSR count). The summed E-state index contributed by atoms with van der Waals surface area (Å²) in [7, 11) is 0. The highest BCUT2D eigenvalue weighted by atomic mass is 32.2. The van der Waals surface area contributed by atoms with Crippen molar-refractivity contribution in [3.63, 3.8) is 0 Å². The molecule has 1 aliphatic heterocycles. The summed E-state index contributed by atoms with van der Waals surface area (Å²) in [6.45, 7) is 6.05. The number of ether oxygens (including phenoxy) is 1. The van der Waals surface area contributed by atoms with Crippen molar-refractivity contribution in [1.82, 2.24) is 4.90 Å². The molecule has 3 aromatic rings. The average Bonchev–Trinajstić information content (AvgIpc) is 3.08. The Kier molecular flexibility index (Phi) is 7.36. The summed E-state index contributed by atoms with van der Waals surface area (Å²) in [6, 6.07) is 20.6. The van der Waals surface area contributed by atoms with E-state index in [0.717, 1.165) is 45.3 Å². The van der Waals surface area contributed by atoms with Gasteiger partial charge in [0.15, 0.2) is 6.61 Å². The molecule has 0 aromatic heterocycles. The van der Waals surface area contributed by atoms with Gasteiger partial charge in [0.05, 0.1) is 11.4 Å². The lowest BCUT2D eigenvalue weighted by molar-refractivity contribution is -0.123. The van der Waals surface area contributed by atoms with Gasteiger partial charge in [-0.3, -0.25) is 19.3 Å². The Balaban J connectivity index is 1.34. The number of imide groups is 1. The summed E-state index contributed by atoms with van der Waals surface area (Å²) in [5, 5.41) is 2.57. The fourth-order valence-corrected chi connectivity index (χ4v) is 4.57. The van der Waals surface area contributed by atoms with E-state index < -0.39 is 0 Å². The quantitative estimate of drug-likeness (QED) is 0.423. The molecule has 0 spiro atoms. The van der Waals surface area contributed by atoms with Gasteiger partial charge in [0, 0.05) is 5.69 Å². The van der Waals surface area contributed by atoms with E-state index in [-0.39, 0.29) is 30.2 Å². The number of thioether (sulfide) groups is 1. The SMILES string of the molecule is Cc1cccc(CN2C(=O)S/C(=C\c3ccc(OCC(=O)Nc4ccc(C)cc4C)cc3)C2=O)c1. The molecular weight excluding hydrogens is 460 g/mol. The molecule has 0 atom stereocenters. The van der Waals surface area contributed by atoms with Crippen LogP contribution in [0.2, 0.25) is 0 Å². The third kappa shape index (κ3) is 6.19. The Hall–Kier alpha value is -3.84. The van der Waals surface area contributed by atoms with Crippen molar-refractivity contribution in [2.24, 2.45) is 0 Å². The van der Waals surface area contributed by atoms with Crippen LogP contribution >= 0.6 is 11.8 Å². The summed E-state index contributed by atoms with van der Waals surface area (Å²) >= 11 is 0.936. The minimum atomic E-state index is -0.301. The standard InChI is InChI=1S/C28H26N2O4S/c1-18-5-4-6-22(14-18)16-30-27(32)25(35-28(30)33)15-21-8-10-23(11-9-21)34-17-26(31)29-24-12-7-19(2)13-20(24)3/h4-15H,16-17H2,1-3H3,(H,29,31)/b25-15-. The maximum atomic E-state index is 12.8. The third-order valence-electron chi connectivity index (χ3n) is 5.50. The fourth-order valence-electron chi connectivity index (χ4n) is 3.73. The van der Waals surface area contributed by atoms with Crippen molar-refractivity contribution in [2.75, 3.05) is 11.9 Å². The van der Waals surface area contributed by atoms with Crippen LogP contribution in [0.15, 0.2) is 71.6 Å². The third-order valence-corrected chi connectivity index (χ3v) is 6.41. The first-order valence-electron chi connectivity index (χ1n) is 11.2. The van der Waals surface area contributed by atoms with Gasteiger partial charge in [0.25, 0.3) is 17.1 Å². The lowest BCUT2D eigenvalue weighted by Gasteiger charge is -2.12. The second-order valence-electron chi connectivity index (χ2n) is 8.48. The van der Waals surface area contributed by atoms with E-state index in [9.17, 15) is 14.4 Å². The number of carbonyl (C=O) groups is 3. The molecule has 3 aromatic carbocycles. The van der Waals surface area contributed by atoms with Crippen LogP contribution in [-0.2, 0) is 16.1 Å². The Morgan fingerprint density at radius 3 is 2.43 bits per heavy atom. The second-order valence-corrected chi connectivity index (χ2v) is 9.47. The van der Waals surface area contributed by atoms with Crippen LogP contribution in [0, 0.1) is 20.8 Å². The molecule has 1 saturated heterocycles. The number of amides is 3. The van der Waals surface area contributed by atoms with Crippen LogP contribution in [0.1, 0.15) is 27.8 Å². The summed E-state index contributed by atoms with van der Waals surface area (Å²) in [5.74, 6) is -0.0151. The molecule has 1 heterocycles. The number of carbonyl (C=O) groups excluding carboxylic acids is 3. The Labute approximate surface area is 209 Å². The number of hydrogen-bond acceptors (Lipinski definition) is 5. The van der Waals surface area contributed by atoms with E-state index in [2.05, 4.69) is 5.32 Å². The molecule has 1 N–H and O–H groups in total. The number of nitrogens with one attached hydrogen (secondary N) is 1. The largest absolute Gasteiger partial charge is 0.484 e. The summed E-state index contributed by atoms with van der Waals surface area (Å²) in [5.41, 5.74) is 5.64. The van der Waals surface area contributed by atoms with Crippen LogP contribution in [-0.4, -0.2) is 28.6 Å². The molecule has 0 saturated carbocycles. The minimum absolute atomic E-state index is 0.121. The number of anilines is 1. The first-order chi connectivity index (χ1) is 16.8. The van der Waals surface area contributed by atoms with Crippen LogP contribution in [0.5, 0.6) is 5.75 Å². The maximum Gasteiger partial charge on any atom is 0.293 e. The van der Waals surface area contributed by atoms with Crippen LogP contribution < -0.4 is 10.1 Å². The van der Waals surface area contributed by atoms with E-state index in [1.807, 2.05) is 63.2 Å². The molecule has 178 valence electrons. The minimum Gasteiger partial charge on any atom is -0.484 e. The van der Waals surface area contributed by atoms with E-state index in [4.69, 9.17) is 4.74 Å². The zero-order chi connectivity index (χ0) is 24.9. The molecular formula is C28H26N2O4S. The first kappa shape index (κ1) is 24.3. The number of benzene rings is 3. The fraction of sp³-hybridized carbons (Fsp3) is 0.179. The van der Waals surface area contributed by atoms with Crippen molar-refractivity contribution in [1.29, 1.82) is 0 Å². The van der Waals surface area contributed by atoms with Gasteiger partial charge in [0.2, 0.25) is 0 Å². The van der Waals surface area contributed by atoms with Crippen LogP contribution in [0.3, 0.4) is 0 Å². The first-order valence-corrected chi connectivity index (χ1v) is 12.0. The molecule has 1 fully saturated rings. The highest BCUT2D eigenvalue weighted by molar-refractivity contribution is 8.18. The van der Waals surface area contributed by atoms with Crippen LogP contribution in [0.4, 0.5) is 10.5 Å².